The molecule has 4 aromatic rings. The zero-order valence-electron chi connectivity index (χ0n) is 24.6. The zero-order valence-corrected chi connectivity index (χ0v) is 25.4. The summed E-state index contributed by atoms with van der Waals surface area (Å²) in [5, 5.41) is 18.6. The summed E-state index contributed by atoms with van der Waals surface area (Å²) in [5.41, 5.74) is 1.76. The molecule has 4 aromatic carbocycles. The second-order valence-corrected chi connectivity index (χ2v) is 10.9. The molecule has 230 valence electrons. The summed E-state index contributed by atoms with van der Waals surface area (Å²) in [6.07, 6.45) is 1.53. The minimum absolute atomic E-state index is 0.00928. The number of nitrogens with one attached hydrogen (secondary N) is 3. The van der Waals surface area contributed by atoms with Crippen molar-refractivity contribution in [1.29, 1.82) is 0 Å². The first kappa shape index (κ1) is 32.3. The highest BCUT2D eigenvalue weighted by molar-refractivity contribution is 8.00. The highest BCUT2D eigenvalue weighted by Crippen LogP contribution is 2.29. The molecule has 1 atom stereocenters. The van der Waals surface area contributed by atoms with Gasteiger partial charge >= 0.3 is 0 Å². The van der Waals surface area contributed by atoms with Gasteiger partial charge < -0.3 is 25.4 Å². The Labute approximate surface area is 263 Å². The van der Waals surface area contributed by atoms with Gasteiger partial charge in [0.05, 0.1) is 24.4 Å². The molecule has 11 nitrogen and oxygen atoms in total. The molecule has 3 N–H and O–H groups in total. The van der Waals surface area contributed by atoms with Gasteiger partial charge in [0.15, 0.2) is 11.5 Å². The number of ether oxygens (including phenoxy) is 2. The molecule has 4 rings (SSSR count). The number of non-ortho nitro benzene ring substituents is 1. The first-order chi connectivity index (χ1) is 21.7. The Morgan fingerprint density at radius 1 is 0.822 bits per heavy atom. The van der Waals surface area contributed by atoms with E-state index in [9.17, 15) is 24.5 Å². The largest absolute Gasteiger partial charge is 0.493 e. The third-order valence-electron chi connectivity index (χ3n) is 6.37. The van der Waals surface area contributed by atoms with Gasteiger partial charge in [0.2, 0.25) is 5.91 Å². The van der Waals surface area contributed by atoms with Gasteiger partial charge in [0.25, 0.3) is 17.5 Å². The highest BCUT2D eigenvalue weighted by atomic mass is 32.2. The maximum absolute atomic E-state index is 13.5. The molecule has 45 heavy (non-hydrogen) atoms. The fraction of sp³-hybridized carbons (Fsp3) is 0.121. The Bertz CT molecular complexity index is 1730. The van der Waals surface area contributed by atoms with Gasteiger partial charge in [0, 0.05) is 34.0 Å². The summed E-state index contributed by atoms with van der Waals surface area (Å²) < 4.78 is 10.7. The topological polar surface area (TPSA) is 149 Å². The van der Waals surface area contributed by atoms with Gasteiger partial charge in [-0.1, -0.05) is 30.3 Å². The number of benzene rings is 4. The average Bonchev–Trinajstić information content (AvgIpc) is 3.05. The normalized spacial score (nSPS) is 11.6. The molecule has 0 fully saturated rings. The SMILES string of the molecule is COc1ccc(/C=C(/NC(=O)c2ccccc2)C(=O)Nc2cccc(SC(C)C(=O)Nc3ccc([N+](=O)[O-])cc3)c2)cc1OC. The van der Waals surface area contributed by atoms with Crippen LogP contribution in [0.2, 0.25) is 0 Å². The molecule has 0 radical (unpaired) electrons. The van der Waals surface area contributed by atoms with Crippen LogP contribution in [0, 0.1) is 10.1 Å². The predicted molar refractivity (Wildman–Crippen MR) is 174 cm³/mol. The van der Waals surface area contributed by atoms with E-state index < -0.39 is 22.0 Å². The molecule has 1 unspecified atom stereocenters. The van der Waals surface area contributed by atoms with Gasteiger partial charge in [-0.2, -0.15) is 0 Å². The molecule has 0 aliphatic heterocycles. The lowest BCUT2D eigenvalue weighted by Gasteiger charge is -2.14. The molecular formula is C33H30N4O7S. The van der Waals surface area contributed by atoms with Gasteiger partial charge in [0.1, 0.15) is 5.70 Å². The lowest BCUT2D eigenvalue weighted by Crippen LogP contribution is -2.30. The second kappa shape index (κ2) is 15.2. The number of nitrogens with zero attached hydrogens (tertiary/aromatic N) is 1. The summed E-state index contributed by atoms with van der Waals surface area (Å²) >= 11 is 1.27. The Balaban J connectivity index is 1.50. The van der Waals surface area contributed by atoms with Crippen LogP contribution in [0.3, 0.4) is 0 Å². The molecule has 3 amide bonds. The lowest BCUT2D eigenvalue weighted by molar-refractivity contribution is -0.384. The average molecular weight is 627 g/mol. The van der Waals surface area contributed by atoms with Crippen molar-refractivity contribution in [3.05, 3.63) is 124 Å². The third kappa shape index (κ3) is 8.94. The van der Waals surface area contributed by atoms with Crippen LogP contribution in [0.1, 0.15) is 22.8 Å². The number of rotatable bonds is 12. The number of carbonyl (C=O) groups excluding carboxylic acids is 3. The highest BCUT2D eigenvalue weighted by Gasteiger charge is 2.18. The fourth-order valence-corrected chi connectivity index (χ4v) is 4.99. The number of anilines is 2. The van der Waals surface area contributed by atoms with Crippen molar-refractivity contribution in [2.45, 2.75) is 17.1 Å². The predicted octanol–water partition coefficient (Wildman–Crippen LogP) is 6.14. The molecule has 0 aliphatic carbocycles. The molecule has 0 spiro atoms. The van der Waals surface area contributed by atoms with Gasteiger partial charge in [-0.25, -0.2) is 0 Å². The molecule has 12 heteroatoms. The van der Waals surface area contributed by atoms with E-state index in [0.717, 1.165) is 0 Å². The van der Waals surface area contributed by atoms with E-state index in [1.807, 2.05) is 0 Å². The van der Waals surface area contributed by atoms with Crippen LogP contribution in [0.5, 0.6) is 11.5 Å². The van der Waals surface area contributed by atoms with Crippen LogP contribution in [-0.2, 0) is 9.59 Å². The van der Waals surface area contributed by atoms with E-state index in [2.05, 4.69) is 16.0 Å². The van der Waals surface area contributed by atoms with Crippen molar-refractivity contribution in [3.8, 4) is 11.5 Å². The van der Waals surface area contributed by atoms with Crippen molar-refractivity contribution >= 4 is 52.6 Å². The van der Waals surface area contributed by atoms with E-state index in [1.54, 1.807) is 79.7 Å². The van der Waals surface area contributed by atoms with Crippen molar-refractivity contribution in [2.75, 3.05) is 24.9 Å². The Morgan fingerprint density at radius 3 is 2.20 bits per heavy atom. The van der Waals surface area contributed by atoms with Gasteiger partial charge in [-0.3, -0.25) is 24.5 Å². The van der Waals surface area contributed by atoms with E-state index in [1.165, 1.54) is 56.3 Å². The van der Waals surface area contributed by atoms with E-state index in [-0.39, 0.29) is 17.3 Å². The Morgan fingerprint density at radius 2 is 1.53 bits per heavy atom. The first-order valence-corrected chi connectivity index (χ1v) is 14.5. The number of carbonyl (C=O) groups is 3. The monoisotopic (exact) mass is 626 g/mol. The summed E-state index contributed by atoms with van der Waals surface area (Å²) in [4.78, 5) is 50.3. The quantitative estimate of drug-likeness (QED) is 0.0735. The Kier molecular flexibility index (Phi) is 10.9. The fourth-order valence-electron chi connectivity index (χ4n) is 4.07. The lowest BCUT2D eigenvalue weighted by atomic mass is 10.1. The number of thioether (sulfide) groups is 1. The number of hydrogen-bond donors (Lipinski definition) is 3. The smallest absolute Gasteiger partial charge is 0.272 e. The van der Waals surface area contributed by atoms with Crippen molar-refractivity contribution in [2.24, 2.45) is 0 Å². The van der Waals surface area contributed by atoms with Crippen LogP contribution in [-0.4, -0.2) is 42.1 Å². The molecule has 0 aromatic heterocycles. The van der Waals surface area contributed by atoms with Crippen LogP contribution >= 0.6 is 11.8 Å². The molecular weight excluding hydrogens is 596 g/mol. The number of hydrogen-bond acceptors (Lipinski definition) is 8. The van der Waals surface area contributed by atoms with Crippen LogP contribution in [0.15, 0.2) is 108 Å². The molecule has 0 bridgehead atoms. The zero-order chi connectivity index (χ0) is 32.3. The van der Waals surface area contributed by atoms with E-state index in [4.69, 9.17) is 9.47 Å². The summed E-state index contributed by atoms with van der Waals surface area (Å²) in [6.45, 7) is 1.72. The summed E-state index contributed by atoms with van der Waals surface area (Å²) in [6, 6.07) is 26.1. The minimum Gasteiger partial charge on any atom is -0.493 e. The summed E-state index contributed by atoms with van der Waals surface area (Å²) in [7, 11) is 3.02. The van der Waals surface area contributed by atoms with Gasteiger partial charge in [-0.15, -0.1) is 11.8 Å². The van der Waals surface area contributed by atoms with Crippen molar-refractivity contribution < 1.29 is 28.8 Å². The molecule has 0 aliphatic rings. The van der Waals surface area contributed by atoms with Gasteiger partial charge in [-0.05, 0) is 73.2 Å². The molecule has 0 heterocycles. The Hall–Kier alpha value is -5.62. The minimum atomic E-state index is -0.569. The van der Waals surface area contributed by atoms with Crippen LogP contribution in [0.25, 0.3) is 6.08 Å². The van der Waals surface area contributed by atoms with Crippen LogP contribution in [0.4, 0.5) is 17.1 Å². The maximum Gasteiger partial charge on any atom is 0.272 e. The van der Waals surface area contributed by atoms with E-state index in [0.29, 0.717) is 38.9 Å². The van der Waals surface area contributed by atoms with Crippen molar-refractivity contribution in [3.63, 3.8) is 0 Å². The molecule has 0 saturated heterocycles. The number of amides is 3. The third-order valence-corrected chi connectivity index (χ3v) is 7.46. The van der Waals surface area contributed by atoms with Crippen molar-refractivity contribution in [1.82, 2.24) is 5.32 Å². The first-order valence-electron chi connectivity index (χ1n) is 13.6. The maximum atomic E-state index is 13.5. The van der Waals surface area contributed by atoms with Crippen LogP contribution < -0.4 is 25.4 Å². The standard InChI is InChI=1S/C33H30N4O7S/c1-21(31(38)34-24-13-15-26(16-14-24)37(41)42)45-27-11-7-10-25(20-27)35-33(40)28(36-32(39)23-8-5-4-6-9-23)18-22-12-17-29(43-2)30(19-22)44-3/h4-21H,1-3H3,(H,34,38)(H,35,40)(H,36,39)/b28-18+. The second-order valence-electron chi connectivity index (χ2n) is 9.53. The number of methoxy groups -OCH3 is 2. The molecule has 0 saturated carbocycles. The summed E-state index contributed by atoms with van der Waals surface area (Å²) in [5.74, 6) is -0.363. The van der Waals surface area contributed by atoms with E-state index >= 15 is 0 Å². The number of nitro groups is 1. The number of nitro benzene ring substituents is 1.